The molecule has 580 valence electrons. The normalized spacial score (nSPS) is 35.3. The molecule has 7 rings (SSSR count). The number of fused-ring (bicyclic) bond motifs is 7. The zero-order chi connectivity index (χ0) is 77.0. The molecule has 2 aliphatic heterocycles. The highest BCUT2D eigenvalue weighted by Gasteiger charge is 2.71. The summed E-state index contributed by atoms with van der Waals surface area (Å²) in [6.45, 7) is 36.2. The minimum atomic E-state index is -2.17. The van der Waals surface area contributed by atoms with Crippen LogP contribution in [0.5, 0.6) is 0 Å². The van der Waals surface area contributed by atoms with Crippen molar-refractivity contribution in [1.82, 2.24) is 16.0 Å². The Morgan fingerprint density at radius 3 is 1.34 bits per heavy atom. The first kappa shape index (κ1) is 83.7. The Balaban J connectivity index is 1.34. The van der Waals surface area contributed by atoms with E-state index in [4.69, 9.17) is 56.8 Å². The number of carbonyl (C=O) groups excluding carboxylic acids is 12. The van der Waals surface area contributed by atoms with Gasteiger partial charge in [0.05, 0.1) is 25.9 Å². The number of allylic oxidation sites excluding steroid dienone is 2. The van der Waals surface area contributed by atoms with E-state index < -0.39 is 178 Å². The first-order valence-corrected chi connectivity index (χ1v) is 37.1. The summed E-state index contributed by atoms with van der Waals surface area (Å²) in [6.07, 6.45) is -13.1. The molecule has 27 nitrogen and oxygen atoms in total. The van der Waals surface area contributed by atoms with E-state index in [2.05, 4.69) is 43.6 Å². The summed E-state index contributed by atoms with van der Waals surface area (Å²) in [5.41, 5.74) is -2.70. The summed E-state index contributed by atoms with van der Waals surface area (Å²) in [7, 11) is 0. The lowest BCUT2D eigenvalue weighted by Gasteiger charge is -2.70. The van der Waals surface area contributed by atoms with Crippen molar-refractivity contribution in [3.8, 4) is 0 Å². The van der Waals surface area contributed by atoms with Gasteiger partial charge in [0, 0.05) is 46.0 Å². The molecular weight excluding hydrogens is 1340 g/mol. The predicted octanol–water partition coefficient (Wildman–Crippen LogP) is 8.13. The van der Waals surface area contributed by atoms with Crippen LogP contribution < -0.4 is 16.0 Å². The Morgan fingerprint density at radius 2 is 0.903 bits per heavy atom. The highest BCUT2D eigenvalue weighted by Crippen LogP contribution is 2.75. The SMILES string of the molecule is CCOC(=O)C(CC(C)C)NC(=O)C1OC(OC2C(OC3CC[C@@]4(C)C(CC[C@]5(C)C4C(=O)C=C4C6C[C@@](C)(C(=O)NC(CC(C)C)C(=O)OCC)CC[C@]6(C)CC[C@]45C)C3(C)C)OC(C(=O)NC(CC(C)C)C(=O)OCC)C(OC(C)=O)C2OC(C)=O)C(OC(C)=O)C(OC(C)=O)C1OC(C)=O. The second kappa shape index (κ2) is 33.5. The standard InChI is InChI=1S/C76H117N3O24/c1-22-92-65(88)48(33-38(4)5)77-63(86)58-55(96-42(11)81)57(98-44(13)83)61(103-69-60(99-45(14)84)56(97-43(12)82)54(95-41(10)80)59(102-69)64(87)78-49(34-39(6)7)66(89)93-23-2)68(101-58)100-53-26-27-74(19)52(71(53,15)16)25-28-76(21)62(74)51(85)36-46-47-37-73(18,30-29-72(47,17)31-32-75(46,76)20)70(91)79-50(35-40(8)9)67(90)94-24-3/h36,38-40,47-50,52-62,68-69H,22-35,37H2,1-21H3,(H,77,86)(H,78,87)(H,79,91)/t47?,48?,49?,50?,52?,53?,54?,55?,56?,57?,58?,59?,60?,61?,62?,68?,69?,72-,73+,74+,75-,76-/m1/s1. The molecule has 0 bridgehead atoms. The van der Waals surface area contributed by atoms with Gasteiger partial charge < -0.3 is 72.8 Å². The number of rotatable bonds is 27. The number of nitrogens with one attached hydrogen (secondary N) is 3. The van der Waals surface area contributed by atoms with Gasteiger partial charge in [-0.25, -0.2) is 14.4 Å². The molecule has 6 fully saturated rings. The van der Waals surface area contributed by atoms with Crippen LogP contribution in [-0.2, 0) is 114 Å². The molecule has 0 aromatic heterocycles. The van der Waals surface area contributed by atoms with Gasteiger partial charge in [-0.2, -0.15) is 0 Å². The van der Waals surface area contributed by atoms with Gasteiger partial charge in [0.25, 0.3) is 11.8 Å². The molecule has 0 spiro atoms. The van der Waals surface area contributed by atoms with E-state index in [0.29, 0.717) is 38.5 Å². The smallest absolute Gasteiger partial charge is 0.328 e. The number of esters is 8. The molecule has 2 saturated heterocycles. The van der Waals surface area contributed by atoms with Gasteiger partial charge >= 0.3 is 47.8 Å². The molecule has 27 heteroatoms. The van der Waals surface area contributed by atoms with Gasteiger partial charge in [-0.3, -0.25) is 43.2 Å². The van der Waals surface area contributed by atoms with Gasteiger partial charge in [0.15, 0.2) is 67.2 Å². The number of ketones is 1. The third-order valence-electron chi connectivity index (χ3n) is 23.4. The molecular formula is C76H117N3O24. The third-order valence-corrected chi connectivity index (χ3v) is 23.4. The molecule has 103 heavy (non-hydrogen) atoms. The molecule has 0 aromatic rings. The van der Waals surface area contributed by atoms with E-state index in [1.54, 1.807) is 34.6 Å². The first-order chi connectivity index (χ1) is 47.9. The quantitative estimate of drug-likeness (QED) is 0.0397. The summed E-state index contributed by atoms with van der Waals surface area (Å²) >= 11 is 0. The summed E-state index contributed by atoms with van der Waals surface area (Å²) < 4.78 is 73.0. The zero-order valence-electron chi connectivity index (χ0n) is 64.5. The molecule has 4 saturated carbocycles. The number of hydrogen-bond donors (Lipinski definition) is 3. The minimum Gasteiger partial charge on any atom is -0.464 e. The predicted molar refractivity (Wildman–Crippen MR) is 368 cm³/mol. The van der Waals surface area contributed by atoms with Crippen molar-refractivity contribution in [3.63, 3.8) is 0 Å². The summed E-state index contributed by atoms with van der Waals surface area (Å²) in [5.74, 6) is -10.8. The molecule has 2 heterocycles. The fourth-order valence-electron chi connectivity index (χ4n) is 18.6. The van der Waals surface area contributed by atoms with Crippen LogP contribution in [0.15, 0.2) is 11.6 Å². The van der Waals surface area contributed by atoms with Gasteiger partial charge in [0.2, 0.25) is 5.91 Å². The lowest BCUT2D eigenvalue weighted by atomic mass is 9.33. The number of amides is 3. The Kier molecular flexibility index (Phi) is 27.2. The fraction of sp³-hybridized carbons (Fsp3) is 0.816. The topological polar surface area (TPSA) is 352 Å². The summed E-state index contributed by atoms with van der Waals surface area (Å²) in [4.78, 5) is 168. The fourth-order valence-corrected chi connectivity index (χ4v) is 18.6. The van der Waals surface area contributed by atoms with E-state index in [1.807, 2.05) is 54.5 Å². The van der Waals surface area contributed by atoms with E-state index >= 15 is 9.59 Å². The van der Waals surface area contributed by atoms with Crippen molar-refractivity contribution < 1.29 is 114 Å². The van der Waals surface area contributed by atoms with Crippen molar-refractivity contribution in [3.05, 3.63) is 11.6 Å². The van der Waals surface area contributed by atoms with Crippen LogP contribution in [0.4, 0.5) is 0 Å². The van der Waals surface area contributed by atoms with Crippen LogP contribution >= 0.6 is 0 Å². The van der Waals surface area contributed by atoms with Gasteiger partial charge in [-0.05, 0) is 161 Å². The molecule has 7 aliphatic rings. The Hall–Kier alpha value is -6.58. The molecule has 0 radical (unpaired) electrons. The second-order valence-corrected chi connectivity index (χ2v) is 32.9. The van der Waals surface area contributed by atoms with Gasteiger partial charge in [0.1, 0.15) is 18.1 Å². The highest BCUT2D eigenvalue weighted by atomic mass is 16.8. The molecule has 22 atom stereocenters. The maximum atomic E-state index is 15.8. The Morgan fingerprint density at radius 1 is 0.495 bits per heavy atom. The maximum absolute atomic E-state index is 15.8. The van der Waals surface area contributed by atoms with Gasteiger partial charge in [-0.15, -0.1) is 0 Å². The molecule has 3 amide bonds. The third kappa shape index (κ3) is 18.1. The average molecular weight is 1460 g/mol. The van der Waals surface area contributed by atoms with Crippen LogP contribution in [0.25, 0.3) is 0 Å². The van der Waals surface area contributed by atoms with Crippen LogP contribution in [0, 0.1) is 68.0 Å². The largest absolute Gasteiger partial charge is 0.464 e. The van der Waals surface area contributed by atoms with Crippen LogP contribution in [0.2, 0.25) is 0 Å². The Bertz CT molecular complexity index is 3200. The lowest BCUT2D eigenvalue weighted by molar-refractivity contribution is -0.370. The van der Waals surface area contributed by atoms with Crippen LogP contribution in [-0.4, -0.2) is 177 Å². The second-order valence-electron chi connectivity index (χ2n) is 32.9. The first-order valence-electron chi connectivity index (χ1n) is 37.1. The number of hydrogen-bond acceptors (Lipinski definition) is 24. The van der Waals surface area contributed by atoms with Crippen LogP contribution in [0.1, 0.15) is 222 Å². The number of ether oxygens (including phenoxy) is 12. The summed E-state index contributed by atoms with van der Waals surface area (Å²) in [5, 5.41) is 8.43. The molecule has 5 aliphatic carbocycles. The van der Waals surface area contributed by atoms with E-state index in [0.717, 1.165) is 59.5 Å². The maximum Gasteiger partial charge on any atom is 0.328 e. The van der Waals surface area contributed by atoms with Crippen molar-refractivity contribution in [2.24, 2.45) is 68.0 Å². The van der Waals surface area contributed by atoms with E-state index in [9.17, 15) is 47.9 Å². The van der Waals surface area contributed by atoms with Gasteiger partial charge in [-0.1, -0.05) is 95.6 Å². The number of carbonyl (C=O) groups is 12. The zero-order valence-corrected chi connectivity index (χ0v) is 64.5. The van der Waals surface area contributed by atoms with Crippen molar-refractivity contribution in [2.75, 3.05) is 19.8 Å². The molecule has 3 N–H and O–H groups in total. The molecule has 0 aromatic carbocycles. The van der Waals surface area contributed by atoms with E-state index in [-0.39, 0.29) is 85.8 Å². The lowest BCUT2D eigenvalue weighted by Crippen LogP contribution is -2.70. The van der Waals surface area contributed by atoms with Crippen molar-refractivity contribution >= 4 is 71.3 Å². The monoisotopic (exact) mass is 1460 g/mol. The minimum absolute atomic E-state index is 0.00368. The van der Waals surface area contributed by atoms with E-state index in [1.165, 1.54) is 0 Å². The highest BCUT2D eigenvalue weighted by molar-refractivity contribution is 5.96. The Labute approximate surface area is 606 Å². The summed E-state index contributed by atoms with van der Waals surface area (Å²) in [6, 6.07) is -3.41. The average Bonchev–Trinajstić information content (AvgIpc) is 0.674. The van der Waals surface area contributed by atoms with Crippen LogP contribution in [0.3, 0.4) is 0 Å². The van der Waals surface area contributed by atoms with Crippen molar-refractivity contribution in [1.29, 1.82) is 0 Å². The molecule has 17 unspecified atom stereocenters. The van der Waals surface area contributed by atoms with Crippen molar-refractivity contribution in [2.45, 2.75) is 308 Å².